The van der Waals surface area contributed by atoms with E-state index in [1.54, 1.807) is 42.5 Å². The number of esters is 1. The van der Waals surface area contributed by atoms with E-state index in [9.17, 15) is 18.4 Å². The van der Waals surface area contributed by atoms with E-state index in [4.69, 9.17) is 9.15 Å². The quantitative estimate of drug-likeness (QED) is 0.313. The molecule has 0 N–H and O–H groups in total. The maximum absolute atomic E-state index is 13.7. The van der Waals surface area contributed by atoms with Gasteiger partial charge in [-0.1, -0.05) is 36.4 Å². The molecule has 5 aromatic rings. The molecule has 0 atom stereocenters. The Labute approximate surface area is 202 Å². The summed E-state index contributed by atoms with van der Waals surface area (Å²) in [5.41, 5.74) is 0.232. The van der Waals surface area contributed by atoms with Crippen LogP contribution in [0.5, 0.6) is 0 Å². The average molecular weight is 488 g/mol. The van der Waals surface area contributed by atoms with E-state index in [0.29, 0.717) is 5.39 Å². The summed E-state index contributed by atoms with van der Waals surface area (Å²) in [7, 11) is 0. The Morgan fingerprint density at radius 2 is 1.86 bits per heavy atom. The summed E-state index contributed by atoms with van der Waals surface area (Å²) in [6, 6.07) is 16.6. The van der Waals surface area contributed by atoms with Crippen LogP contribution in [0, 0.1) is 0 Å². The normalized spacial score (nSPS) is 11.5. The molecule has 0 bridgehead atoms. The number of oxazole rings is 1. The summed E-state index contributed by atoms with van der Waals surface area (Å²) in [5, 5.41) is 0.613. The van der Waals surface area contributed by atoms with E-state index < -0.39 is 29.0 Å². The number of pyridine rings is 3. The molecular weight excluding hydrogens is 470 g/mol. The van der Waals surface area contributed by atoms with Crippen LogP contribution in [0.4, 0.5) is 8.78 Å². The van der Waals surface area contributed by atoms with E-state index in [2.05, 4.69) is 15.0 Å². The minimum absolute atomic E-state index is 0.0162. The highest BCUT2D eigenvalue weighted by molar-refractivity contribution is 5.86. The summed E-state index contributed by atoms with van der Waals surface area (Å²) in [5.74, 6) is -4.46. The number of alkyl halides is 2. The second-order valence-electron chi connectivity index (χ2n) is 7.99. The molecule has 0 radical (unpaired) electrons. The number of ether oxygens (including phenoxy) is 1. The monoisotopic (exact) mass is 488 g/mol. The van der Waals surface area contributed by atoms with Crippen LogP contribution < -0.4 is 5.56 Å². The Morgan fingerprint density at radius 1 is 1.06 bits per heavy atom. The Hall–Kier alpha value is -4.73. The van der Waals surface area contributed by atoms with Crippen molar-refractivity contribution in [1.29, 1.82) is 0 Å². The molecule has 36 heavy (non-hydrogen) atoms. The minimum atomic E-state index is -3.14. The molecule has 180 valence electrons. The van der Waals surface area contributed by atoms with Gasteiger partial charge in [-0.25, -0.2) is 4.79 Å². The molecule has 4 heterocycles. The zero-order valence-electron chi connectivity index (χ0n) is 18.9. The minimum Gasteiger partial charge on any atom is -0.454 e. The van der Waals surface area contributed by atoms with Crippen LogP contribution in [-0.2, 0) is 17.3 Å². The van der Waals surface area contributed by atoms with Gasteiger partial charge >= 0.3 is 11.9 Å². The molecule has 0 fully saturated rings. The van der Waals surface area contributed by atoms with Crippen LogP contribution >= 0.6 is 0 Å². The van der Waals surface area contributed by atoms with Crippen LogP contribution in [0.3, 0.4) is 0 Å². The third-order valence-electron chi connectivity index (χ3n) is 5.36. The number of fused-ring (bicyclic) bond motifs is 1. The van der Waals surface area contributed by atoms with Gasteiger partial charge < -0.3 is 9.15 Å². The molecule has 0 aliphatic rings. The molecule has 0 spiro atoms. The third kappa shape index (κ3) is 4.48. The molecule has 0 amide bonds. The van der Waals surface area contributed by atoms with Gasteiger partial charge in [0.15, 0.2) is 11.6 Å². The lowest BCUT2D eigenvalue weighted by Gasteiger charge is -2.10. The van der Waals surface area contributed by atoms with Crippen LogP contribution in [0.25, 0.3) is 28.0 Å². The van der Waals surface area contributed by atoms with Gasteiger partial charge in [0.25, 0.3) is 11.5 Å². The Kier molecular flexibility index (Phi) is 5.85. The van der Waals surface area contributed by atoms with E-state index >= 15 is 0 Å². The first-order valence-electron chi connectivity index (χ1n) is 10.8. The smallest absolute Gasteiger partial charge is 0.395 e. The molecule has 0 saturated heterocycles. The highest BCUT2D eigenvalue weighted by atomic mass is 19.3. The molecule has 0 aliphatic carbocycles. The fourth-order valence-corrected chi connectivity index (χ4v) is 3.56. The van der Waals surface area contributed by atoms with E-state index in [0.717, 1.165) is 18.6 Å². The zero-order chi connectivity index (χ0) is 25.3. The molecule has 1 aromatic carbocycles. The van der Waals surface area contributed by atoms with Gasteiger partial charge in [-0.3, -0.25) is 19.3 Å². The number of hydrogen-bond acceptors (Lipinski definition) is 7. The van der Waals surface area contributed by atoms with E-state index in [1.165, 1.54) is 29.2 Å². The molecule has 0 saturated carbocycles. The van der Waals surface area contributed by atoms with Crippen molar-refractivity contribution in [1.82, 2.24) is 19.5 Å². The van der Waals surface area contributed by atoms with Crippen molar-refractivity contribution >= 4 is 16.9 Å². The van der Waals surface area contributed by atoms with Crippen molar-refractivity contribution in [2.45, 2.75) is 19.5 Å². The highest BCUT2D eigenvalue weighted by Crippen LogP contribution is 2.30. The Morgan fingerprint density at radius 3 is 2.58 bits per heavy atom. The molecule has 0 unspecified atom stereocenters. The number of nitrogens with zero attached hydrogens (tertiary/aromatic N) is 4. The van der Waals surface area contributed by atoms with Gasteiger partial charge in [0, 0.05) is 36.5 Å². The molecule has 8 nitrogen and oxygen atoms in total. The summed E-state index contributed by atoms with van der Waals surface area (Å²) < 4.78 is 39.5. The number of rotatable bonds is 6. The van der Waals surface area contributed by atoms with Crippen molar-refractivity contribution < 1.29 is 22.7 Å². The summed E-state index contributed by atoms with van der Waals surface area (Å²) >= 11 is 0. The SMILES string of the molecule is CC(F)(F)c1ccc(-c2oc(C(=O)OCc3ccccc3)nc2-n2ccc3cccnc3c2=O)cn1. The van der Waals surface area contributed by atoms with Crippen LogP contribution in [0.15, 0.2) is 88.5 Å². The van der Waals surface area contributed by atoms with Crippen LogP contribution in [0.2, 0.25) is 0 Å². The van der Waals surface area contributed by atoms with Crippen LogP contribution in [-0.4, -0.2) is 25.5 Å². The van der Waals surface area contributed by atoms with Crippen molar-refractivity contribution in [3.8, 4) is 17.1 Å². The topological polar surface area (TPSA) is 100 Å². The van der Waals surface area contributed by atoms with E-state index in [-0.39, 0.29) is 29.3 Å². The number of carbonyl (C=O) groups is 1. The van der Waals surface area contributed by atoms with Crippen molar-refractivity contribution in [3.63, 3.8) is 0 Å². The lowest BCUT2D eigenvalue weighted by atomic mass is 10.1. The average Bonchev–Trinajstić information content (AvgIpc) is 3.33. The fraction of sp³-hybridized carbons (Fsp3) is 0.115. The molecular formula is C26H18F2N4O4. The van der Waals surface area contributed by atoms with Gasteiger partial charge in [0.05, 0.1) is 0 Å². The number of halogens is 2. The van der Waals surface area contributed by atoms with Crippen LogP contribution in [0.1, 0.15) is 28.9 Å². The number of carbonyl (C=O) groups excluding carboxylic acids is 1. The molecule has 5 rings (SSSR count). The third-order valence-corrected chi connectivity index (χ3v) is 5.36. The summed E-state index contributed by atoms with van der Waals surface area (Å²) in [6.45, 7) is 0.714. The largest absolute Gasteiger partial charge is 0.454 e. The Balaban J connectivity index is 1.58. The lowest BCUT2D eigenvalue weighted by Crippen LogP contribution is -2.19. The second kappa shape index (κ2) is 9.14. The first-order chi connectivity index (χ1) is 17.3. The van der Waals surface area contributed by atoms with Gasteiger partial charge in [-0.15, -0.1) is 0 Å². The summed E-state index contributed by atoms with van der Waals surface area (Å²) in [4.78, 5) is 38.1. The second-order valence-corrected chi connectivity index (χ2v) is 7.99. The standard InChI is InChI=1S/C26H18F2N4O4/c1-26(27,28)19-10-9-18(14-30-19)21-22(32-13-11-17-8-5-12-29-20(17)24(32)33)31-23(36-21)25(34)35-15-16-6-3-2-4-7-16/h2-14H,15H2,1H3. The fourth-order valence-electron chi connectivity index (χ4n) is 3.56. The van der Waals surface area contributed by atoms with Crippen molar-refractivity contribution in [3.05, 3.63) is 107 Å². The predicted octanol–water partition coefficient (Wildman–Crippen LogP) is 4.90. The number of hydrogen-bond donors (Lipinski definition) is 0. The van der Waals surface area contributed by atoms with Gasteiger partial charge in [0.2, 0.25) is 0 Å². The molecule has 0 aliphatic heterocycles. The lowest BCUT2D eigenvalue weighted by molar-refractivity contribution is 0.0128. The van der Waals surface area contributed by atoms with Gasteiger partial charge in [-0.05, 0) is 29.8 Å². The first kappa shape index (κ1) is 23.0. The van der Waals surface area contributed by atoms with Gasteiger partial charge in [-0.2, -0.15) is 13.8 Å². The van der Waals surface area contributed by atoms with Gasteiger partial charge in [0.1, 0.15) is 17.8 Å². The highest BCUT2D eigenvalue weighted by Gasteiger charge is 2.28. The number of aromatic nitrogens is 4. The first-order valence-corrected chi connectivity index (χ1v) is 10.8. The van der Waals surface area contributed by atoms with Crippen molar-refractivity contribution in [2.24, 2.45) is 0 Å². The zero-order valence-corrected chi connectivity index (χ0v) is 18.9. The predicted molar refractivity (Wildman–Crippen MR) is 126 cm³/mol. The molecule has 4 aromatic heterocycles. The molecule has 10 heteroatoms. The van der Waals surface area contributed by atoms with E-state index in [1.807, 2.05) is 6.07 Å². The maximum atomic E-state index is 13.7. The number of benzene rings is 1. The Bertz CT molecular complexity index is 1610. The van der Waals surface area contributed by atoms with Crippen molar-refractivity contribution in [2.75, 3.05) is 0 Å². The maximum Gasteiger partial charge on any atom is 0.395 e. The summed E-state index contributed by atoms with van der Waals surface area (Å²) in [6.07, 6.45) is 4.12.